The predicted octanol–water partition coefficient (Wildman–Crippen LogP) is 1.42. The minimum Gasteiger partial charge on any atom is -0.485 e. The number of hydrogen-bond donors (Lipinski definition) is 2. The van der Waals surface area contributed by atoms with Crippen molar-refractivity contribution in [2.45, 2.75) is 38.1 Å². The summed E-state index contributed by atoms with van der Waals surface area (Å²) in [6, 6.07) is 5.36. The molecule has 1 amide bonds. The summed E-state index contributed by atoms with van der Waals surface area (Å²) in [6.07, 6.45) is -1.62. The maximum absolute atomic E-state index is 13.7. The SMILES string of the molecule is CC(C)(C)OC(=O)N1C[C@H](Oc2ccc(C#N)c(F)c2)[C@](O)(CO)C1. The number of halogens is 1. The standard InChI is InChI=1S/C17H21FN2O5/c1-16(2,3)25-15(22)20-8-14(17(23,9-20)10-21)24-12-5-4-11(7-19)13(18)6-12/h4-6,14,21,23H,8-10H2,1-3H3/t14-,17+/m0/s1. The van der Waals surface area contributed by atoms with E-state index >= 15 is 0 Å². The Morgan fingerprint density at radius 1 is 1.52 bits per heavy atom. The van der Waals surface area contributed by atoms with Crippen molar-refractivity contribution in [2.24, 2.45) is 0 Å². The number of carbonyl (C=O) groups excluding carboxylic acids is 1. The van der Waals surface area contributed by atoms with E-state index in [0.29, 0.717) is 0 Å². The van der Waals surface area contributed by atoms with Crippen LogP contribution in [0.1, 0.15) is 26.3 Å². The summed E-state index contributed by atoms with van der Waals surface area (Å²) < 4.78 is 24.5. The van der Waals surface area contributed by atoms with Crippen LogP contribution in [-0.4, -0.2) is 58.2 Å². The number of β-amino-alcohol motifs (C(OH)–C–C–N with tert-alkyl or cyclic N) is 1. The average molecular weight is 352 g/mol. The predicted molar refractivity (Wildman–Crippen MR) is 85.4 cm³/mol. The third kappa shape index (κ3) is 4.38. The van der Waals surface area contributed by atoms with Gasteiger partial charge in [-0.1, -0.05) is 0 Å². The molecule has 1 aliphatic heterocycles. The monoisotopic (exact) mass is 352 g/mol. The van der Waals surface area contributed by atoms with Crippen LogP contribution < -0.4 is 4.74 Å². The van der Waals surface area contributed by atoms with E-state index in [1.54, 1.807) is 26.8 Å². The first-order chi connectivity index (χ1) is 11.6. The fraction of sp³-hybridized carbons (Fsp3) is 0.529. The number of aliphatic hydroxyl groups is 2. The number of carbonyl (C=O) groups is 1. The van der Waals surface area contributed by atoms with Crippen LogP contribution in [-0.2, 0) is 4.74 Å². The van der Waals surface area contributed by atoms with Crippen molar-refractivity contribution in [3.05, 3.63) is 29.6 Å². The van der Waals surface area contributed by atoms with Crippen LogP contribution in [0.3, 0.4) is 0 Å². The zero-order valence-electron chi connectivity index (χ0n) is 14.3. The summed E-state index contributed by atoms with van der Waals surface area (Å²) in [4.78, 5) is 13.4. The molecule has 2 rings (SSSR count). The third-order valence-electron chi connectivity index (χ3n) is 3.72. The van der Waals surface area contributed by atoms with Gasteiger partial charge in [-0.05, 0) is 32.9 Å². The molecular formula is C17H21FN2O5. The number of nitrogens with zero attached hydrogens (tertiary/aromatic N) is 2. The van der Waals surface area contributed by atoms with Crippen LogP contribution in [0.5, 0.6) is 5.75 Å². The lowest BCUT2D eigenvalue weighted by atomic mass is 10.0. The highest BCUT2D eigenvalue weighted by molar-refractivity contribution is 5.69. The van der Waals surface area contributed by atoms with Crippen molar-refractivity contribution < 1.29 is 28.9 Å². The largest absolute Gasteiger partial charge is 0.485 e. The number of aliphatic hydroxyl groups excluding tert-OH is 1. The van der Waals surface area contributed by atoms with Crippen molar-refractivity contribution in [3.63, 3.8) is 0 Å². The van der Waals surface area contributed by atoms with E-state index < -0.39 is 35.8 Å². The molecule has 0 radical (unpaired) electrons. The van der Waals surface area contributed by atoms with Gasteiger partial charge in [-0.2, -0.15) is 5.26 Å². The first kappa shape index (κ1) is 19.0. The quantitative estimate of drug-likeness (QED) is 0.853. The molecule has 1 aromatic rings. The Morgan fingerprint density at radius 3 is 2.72 bits per heavy atom. The van der Waals surface area contributed by atoms with E-state index in [9.17, 15) is 19.4 Å². The molecule has 25 heavy (non-hydrogen) atoms. The molecule has 1 heterocycles. The highest BCUT2D eigenvalue weighted by atomic mass is 19.1. The van der Waals surface area contributed by atoms with Crippen molar-refractivity contribution >= 4 is 6.09 Å². The molecule has 0 aromatic heterocycles. The Morgan fingerprint density at radius 2 is 2.20 bits per heavy atom. The van der Waals surface area contributed by atoms with E-state index in [4.69, 9.17) is 14.7 Å². The normalized spacial score (nSPS) is 23.2. The van der Waals surface area contributed by atoms with E-state index in [2.05, 4.69) is 0 Å². The molecule has 136 valence electrons. The van der Waals surface area contributed by atoms with E-state index in [1.165, 1.54) is 17.0 Å². The molecule has 0 spiro atoms. The second-order valence-electron chi connectivity index (χ2n) is 6.98. The Hall–Kier alpha value is -2.37. The third-order valence-corrected chi connectivity index (χ3v) is 3.72. The lowest BCUT2D eigenvalue weighted by Crippen LogP contribution is -2.48. The molecular weight excluding hydrogens is 331 g/mol. The Labute approximate surface area is 145 Å². The fourth-order valence-electron chi connectivity index (χ4n) is 2.46. The molecule has 1 aromatic carbocycles. The van der Waals surface area contributed by atoms with Gasteiger partial charge in [0.25, 0.3) is 0 Å². The van der Waals surface area contributed by atoms with Crippen LogP contribution in [0.15, 0.2) is 18.2 Å². The second-order valence-corrected chi connectivity index (χ2v) is 6.98. The highest BCUT2D eigenvalue weighted by Gasteiger charge is 2.49. The number of hydrogen-bond acceptors (Lipinski definition) is 6. The topological polar surface area (TPSA) is 103 Å². The van der Waals surface area contributed by atoms with Gasteiger partial charge in [0.05, 0.1) is 25.3 Å². The lowest BCUT2D eigenvalue weighted by Gasteiger charge is -2.27. The van der Waals surface area contributed by atoms with Gasteiger partial charge in [0, 0.05) is 6.07 Å². The molecule has 0 unspecified atom stereocenters. The van der Waals surface area contributed by atoms with Gasteiger partial charge in [0.2, 0.25) is 0 Å². The molecule has 2 atom stereocenters. The zero-order chi connectivity index (χ0) is 18.8. The summed E-state index contributed by atoms with van der Waals surface area (Å²) in [5, 5.41) is 28.8. The minimum atomic E-state index is -1.71. The van der Waals surface area contributed by atoms with Gasteiger partial charge in [-0.15, -0.1) is 0 Å². The van der Waals surface area contributed by atoms with Gasteiger partial charge in [0.1, 0.15) is 34.9 Å². The molecule has 8 heteroatoms. The van der Waals surface area contributed by atoms with Crippen molar-refractivity contribution in [1.82, 2.24) is 4.90 Å². The number of benzene rings is 1. The van der Waals surface area contributed by atoms with Crippen LogP contribution in [0.25, 0.3) is 0 Å². The minimum absolute atomic E-state index is 0.0341. The number of amides is 1. The summed E-state index contributed by atoms with van der Waals surface area (Å²) >= 11 is 0. The van der Waals surface area contributed by atoms with Crippen LogP contribution >= 0.6 is 0 Å². The number of nitriles is 1. The second kappa shape index (κ2) is 6.86. The summed E-state index contributed by atoms with van der Waals surface area (Å²) in [7, 11) is 0. The van der Waals surface area contributed by atoms with E-state index in [1.807, 2.05) is 0 Å². The molecule has 1 saturated heterocycles. The molecule has 0 aliphatic carbocycles. The smallest absolute Gasteiger partial charge is 0.410 e. The van der Waals surface area contributed by atoms with Gasteiger partial charge < -0.3 is 24.6 Å². The molecule has 1 fully saturated rings. The molecule has 0 saturated carbocycles. The Kier molecular flexibility index (Phi) is 5.20. The van der Waals surface area contributed by atoms with Gasteiger partial charge in [-0.25, -0.2) is 9.18 Å². The molecule has 7 nitrogen and oxygen atoms in total. The number of rotatable bonds is 3. The number of likely N-dealkylation sites (tertiary alicyclic amines) is 1. The van der Waals surface area contributed by atoms with Crippen LogP contribution in [0.4, 0.5) is 9.18 Å². The first-order valence-corrected chi connectivity index (χ1v) is 7.75. The summed E-state index contributed by atoms with van der Waals surface area (Å²) in [5.74, 6) is -0.672. The van der Waals surface area contributed by atoms with Crippen molar-refractivity contribution in [1.29, 1.82) is 5.26 Å². The average Bonchev–Trinajstić information content (AvgIpc) is 2.84. The Balaban J connectivity index is 2.15. The molecule has 1 aliphatic rings. The maximum Gasteiger partial charge on any atom is 0.410 e. The van der Waals surface area contributed by atoms with E-state index in [-0.39, 0.29) is 24.4 Å². The van der Waals surface area contributed by atoms with Gasteiger partial charge in [-0.3, -0.25) is 0 Å². The van der Waals surface area contributed by atoms with E-state index in [0.717, 1.165) is 6.07 Å². The Bertz CT molecular complexity index is 697. The molecule has 0 bridgehead atoms. The molecule has 2 N–H and O–H groups in total. The van der Waals surface area contributed by atoms with Crippen molar-refractivity contribution in [3.8, 4) is 11.8 Å². The lowest BCUT2D eigenvalue weighted by molar-refractivity contribution is -0.0653. The fourth-order valence-corrected chi connectivity index (χ4v) is 2.46. The van der Waals surface area contributed by atoms with Crippen LogP contribution in [0.2, 0.25) is 0 Å². The summed E-state index contributed by atoms with van der Waals surface area (Å²) in [5.41, 5.74) is -2.54. The van der Waals surface area contributed by atoms with Crippen LogP contribution in [0, 0.1) is 17.1 Å². The highest BCUT2D eigenvalue weighted by Crippen LogP contribution is 2.28. The number of ether oxygens (including phenoxy) is 2. The van der Waals surface area contributed by atoms with Crippen molar-refractivity contribution in [2.75, 3.05) is 19.7 Å². The van der Waals surface area contributed by atoms with Gasteiger partial charge in [0.15, 0.2) is 0 Å². The summed E-state index contributed by atoms with van der Waals surface area (Å²) in [6.45, 7) is 4.29. The van der Waals surface area contributed by atoms with Gasteiger partial charge >= 0.3 is 6.09 Å². The first-order valence-electron chi connectivity index (χ1n) is 7.75. The maximum atomic E-state index is 13.7. The zero-order valence-corrected chi connectivity index (χ0v) is 14.3.